The summed E-state index contributed by atoms with van der Waals surface area (Å²) >= 11 is 0. The third kappa shape index (κ3) is 9.32. The fourth-order valence-electron chi connectivity index (χ4n) is 6.72. The molecule has 2 rings (SSSR count). The maximum absolute atomic E-state index is 3.76. The van der Waals surface area contributed by atoms with Crippen molar-refractivity contribution in [2.75, 3.05) is 6.54 Å². The van der Waals surface area contributed by atoms with Crippen molar-refractivity contribution in [3.63, 3.8) is 0 Å². The van der Waals surface area contributed by atoms with E-state index in [-0.39, 0.29) is 0 Å². The maximum atomic E-state index is 3.76. The Morgan fingerprint density at radius 1 is 0.828 bits per heavy atom. The van der Waals surface area contributed by atoms with Gasteiger partial charge in [-0.05, 0) is 75.2 Å². The van der Waals surface area contributed by atoms with E-state index in [0.29, 0.717) is 6.04 Å². The summed E-state index contributed by atoms with van der Waals surface area (Å²) in [6, 6.07) is 0.716. The van der Waals surface area contributed by atoms with E-state index in [1.165, 1.54) is 103 Å². The van der Waals surface area contributed by atoms with Crippen molar-refractivity contribution in [3.05, 3.63) is 0 Å². The van der Waals surface area contributed by atoms with Gasteiger partial charge in [0.15, 0.2) is 0 Å². The molecule has 2 aliphatic rings. The Kier molecular flexibility index (Phi) is 12.9. The normalized spacial score (nSPS) is 31.7. The largest absolute Gasteiger partial charge is 0.314 e. The van der Waals surface area contributed by atoms with Crippen LogP contribution in [0.2, 0.25) is 0 Å². The van der Waals surface area contributed by atoms with Gasteiger partial charge in [-0.2, -0.15) is 0 Å². The van der Waals surface area contributed by atoms with Crippen molar-refractivity contribution in [2.24, 2.45) is 29.6 Å². The van der Waals surface area contributed by atoms with E-state index in [9.17, 15) is 0 Å². The summed E-state index contributed by atoms with van der Waals surface area (Å²) in [7, 11) is 0. The van der Waals surface area contributed by atoms with Gasteiger partial charge in [-0.3, -0.25) is 0 Å². The first kappa shape index (κ1) is 25.2. The van der Waals surface area contributed by atoms with Crippen LogP contribution in [0.4, 0.5) is 0 Å². The van der Waals surface area contributed by atoms with Crippen LogP contribution in [-0.4, -0.2) is 12.6 Å². The molecule has 0 aliphatic heterocycles. The van der Waals surface area contributed by atoms with Gasteiger partial charge in [0.05, 0.1) is 0 Å². The summed E-state index contributed by atoms with van der Waals surface area (Å²) in [6.07, 6.45) is 24.9. The first-order chi connectivity index (χ1) is 14.2. The van der Waals surface area contributed by atoms with Crippen LogP contribution in [0.1, 0.15) is 137 Å². The number of nitrogens with one attached hydrogen (secondary N) is 1. The molecule has 1 heteroatoms. The number of rotatable bonds is 14. The highest BCUT2D eigenvalue weighted by Crippen LogP contribution is 2.47. The van der Waals surface area contributed by atoms with E-state index in [2.05, 4.69) is 33.0 Å². The van der Waals surface area contributed by atoms with Crippen LogP contribution in [0.5, 0.6) is 0 Å². The van der Waals surface area contributed by atoms with Crippen LogP contribution in [0, 0.1) is 29.6 Å². The molecule has 6 unspecified atom stereocenters. The molecule has 1 N–H and O–H groups in total. The topological polar surface area (TPSA) is 12.0 Å². The monoisotopic (exact) mass is 405 g/mol. The van der Waals surface area contributed by atoms with Crippen LogP contribution < -0.4 is 5.32 Å². The molecule has 0 amide bonds. The SMILES string of the molecule is CCCCCCCNC(C)CCCCC1CCC(C2CCCCC2C)C(CC)C1. The summed E-state index contributed by atoms with van der Waals surface area (Å²) in [5, 5.41) is 3.76. The van der Waals surface area contributed by atoms with Gasteiger partial charge < -0.3 is 5.32 Å². The quantitative estimate of drug-likeness (QED) is 0.285. The standard InChI is InChI=1S/C28H55N/c1-5-7-8-9-14-21-29-24(4)16-11-12-17-25-19-20-28(26(6-2)22-25)27-18-13-10-15-23(27)3/h23-29H,5-22H2,1-4H3. The predicted molar refractivity (Wildman–Crippen MR) is 130 cm³/mol. The minimum Gasteiger partial charge on any atom is -0.314 e. The van der Waals surface area contributed by atoms with E-state index in [1.807, 2.05) is 0 Å². The van der Waals surface area contributed by atoms with E-state index < -0.39 is 0 Å². The second-order valence-electron chi connectivity index (χ2n) is 11.0. The molecule has 0 aromatic heterocycles. The smallest absolute Gasteiger partial charge is 0.00387 e. The predicted octanol–water partition coefficient (Wildman–Crippen LogP) is 8.76. The van der Waals surface area contributed by atoms with E-state index in [4.69, 9.17) is 0 Å². The van der Waals surface area contributed by atoms with Crippen molar-refractivity contribution < 1.29 is 0 Å². The van der Waals surface area contributed by atoms with Crippen molar-refractivity contribution in [2.45, 2.75) is 143 Å². The molecule has 1 nitrogen and oxygen atoms in total. The Labute approximate surface area is 184 Å². The molecule has 0 aromatic carbocycles. The highest BCUT2D eigenvalue weighted by molar-refractivity contribution is 4.87. The molecule has 0 spiro atoms. The lowest BCUT2D eigenvalue weighted by atomic mass is 9.61. The van der Waals surface area contributed by atoms with E-state index >= 15 is 0 Å². The summed E-state index contributed by atoms with van der Waals surface area (Å²) in [5.74, 6) is 5.20. The highest BCUT2D eigenvalue weighted by Gasteiger charge is 2.37. The summed E-state index contributed by atoms with van der Waals surface area (Å²) in [5.41, 5.74) is 0. The highest BCUT2D eigenvalue weighted by atomic mass is 14.9. The number of hydrogen-bond acceptors (Lipinski definition) is 1. The van der Waals surface area contributed by atoms with Gasteiger partial charge in [-0.25, -0.2) is 0 Å². The molecule has 0 heterocycles. The maximum Gasteiger partial charge on any atom is 0.00387 e. The van der Waals surface area contributed by atoms with Crippen molar-refractivity contribution in [1.82, 2.24) is 5.32 Å². The minimum atomic E-state index is 0.716. The van der Waals surface area contributed by atoms with Gasteiger partial charge in [0.1, 0.15) is 0 Å². The Balaban J connectivity index is 1.56. The average molecular weight is 406 g/mol. The molecule has 29 heavy (non-hydrogen) atoms. The fraction of sp³-hybridized carbons (Fsp3) is 1.00. The lowest BCUT2D eigenvalue weighted by molar-refractivity contribution is 0.0629. The van der Waals surface area contributed by atoms with Gasteiger partial charge in [-0.1, -0.05) is 97.8 Å². The lowest BCUT2D eigenvalue weighted by Crippen LogP contribution is -2.34. The summed E-state index contributed by atoms with van der Waals surface area (Å²) < 4.78 is 0. The molecule has 0 radical (unpaired) electrons. The van der Waals surface area contributed by atoms with Gasteiger partial charge in [0, 0.05) is 6.04 Å². The molecule has 2 fully saturated rings. The number of unbranched alkanes of at least 4 members (excludes halogenated alkanes) is 5. The zero-order chi connectivity index (χ0) is 20.9. The molecule has 0 aromatic rings. The molecule has 172 valence electrons. The Hall–Kier alpha value is -0.0400. The molecule has 2 saturated carbocycles. The second kappa shape index (κ2) is 14.9. The van der Waals surface area contributed by atoms with Crippen LogP contribution in [0.3, 0.4) is 0 Å². The molecule has 0 saturated heterocycles. The Morgan fingerprint density at radius 2 is 1.62 bits per heavy atom. The summed E-state index contributed by atoms with van der Waals surface area (Å²) in [6.45, 7) is 11.0. The zero-order valence-electron chi connectivity index (χ0n) is 20.7. The Morgan fingerprint density at radius 3 is 2.38 bits per heavy atom. The van der Waals surface area contributed by atoms with Crippen LogP contribution in [-0.2, 0) is 0 Å². The zero-order valence-corrected chi connectivity index (χ0v) is 20.7. The first-order valence-electron chi connectivity index (χ1n) is 13.9. The molecular formula is C28H55N. The lowest BCUT2D eigenvalue weighted by Gasteiger charge is -2.44. The number of hydrogen-bond donors (Lipinski definition) is 1. The average Bonchev–Trinajstić information content (AvgIpc) is 2.74. The van der Waals surface area contributed by atoms with Gasteiger partial charge in [0.25, 0.3) is 0 Å². The van der Waals surface area contributed by atoms with E-state index in [1.54, 1.807) is 12.8 Å². The van der Waals surface area contributed by atoms with Gasteiger partial charge >= 0.3 is 0 Å². The van der Waals surface area contributed by atoms with Gasteiger partial charge in [-0.15, -0.1) is 0 Å². The van der Waals surface area contributed by atoms with Crippen LogP contribution in [0.25, 0.3) is 0 Å². The van der Waals surface area contributed by atoms with Gasteiger partial charge in [0.2, 0.25) is 0 Å². The van der Waals surface area contributed by atoms with Crippen LogP contribution in [0.15, 0.2) is 0 Å². The molecular weight excluding hydrogens is 350 g/mol. The minimum absolute atomic E-state index is 0.716. The molecule has 0 bridgehead atoms. The van der Waals surface area contributed by atoms with Crippen molar-refractivity contribution in [1.29, 1.82) is 0 Å². The molecule has 6 atom stereocenters. The van der Waals surface area contributed by atoms with E-state index in [0.717, 1.165) is 29.6 Å². The molecule has 2 aliphatic carbocycles. The summed E-state index contributed by atoms with van der Waals surface area (Å²) in [4.78, 5) is 0. The third-order valence-corrected chi connectivity index (χ3v) is 8.67. The second-order valence-corrected chi connectivity index (χ2v) is 11.0. The third-order valence-electron chi connectivity index (χ3n) is 8.67. The Bertz CT molecular complexity index is 392. The van der Waals surface area contributed by atoms with Crippen molar-refractivity contribution in [3.8, 4) is 0 Å². The first-order valence-corrected chi connectivity index (χ1v) is 13.9. The van der Waals surface area contributed by atoms with Crippen molar-refractivity contribution >= 4 is 0 Å². The van der Waals surface area contributed by atoms with Crippen LogP contribution >= 0.6 is 0 Å². The fourth-order valence-corrected chi connectivity index (χ4v) is 6.72.